The molecular weight excluding hydrogens is 795 g/mol. The van der Waals surface area contributed by atoms with E-state index in [1.165, 1.54) is 36.0 Å². The van der Waals surface area contributed by atoms with Crippen molar-refractivity contribution in [2.45, 2.75) is 88.8 Å². The highest BCUT2D eigenvalue weighted by Gasteiger charge is 2.31. The van der Waals surface area contributed by atoms with Crippen molar-refractivity contribution in [1.29, 1.82) is 0 Å². The van der Waals surface area contributed by atoms with Gasteiger partial charge in [0.2, 0.25) is 5.91 Å². The predicted octanol–water partition coefficient (Wildman–Crippen LogP) is 10.7. The fraction of sp³-hybridized carbons (Fsp3) is 0.304. The maximum absolute atomic E-state index is 14.1. The topological polar surface area (TPSA) is 106 Å². The summed E-state index contributed by atoms with van der Waals surface area (Å²) in [5.41, 5.74) is 12.1. The lowest BCUT2D eigenvalue weighted by Gasteiger charge is -2.25. The molecule has 3 N–H and O–H groups in total. The fourth-order valence-corrected chi connectivity index (χ4v) is 9.53. The number of fused-ring (bicyclic) bond motifs is 5. The van der Waals surface area contributed by atoms with Gasteiger partial charge in [0.1, 0.15) is 18.4 Å². The quantitative estimate of drug-likeness (QED) is 0.0848. The van der Waals surface area contributed by atoms with E-state index in [1.807, 2.05) is 84.9 Å². The lowest BCUT2D eigenvalue weighted by atomic mass is 9.94. The average Bonchev–Trinajstić information content (AvgIpc) is 4.14. The van der Waals surface area contributed by atoms with Gasteiger partial charge in [-0.2, -0.15) is 0 Å². The number of unbranched alkanes of at least 4 members (excludes halogenated alkanes) is 1. The summed E-state index contributed by atoms with van der Waals surface area (Å²) in [4.78, 5) is 41.3. The number of hydrogen-bond acceptors (Lipinski definition) is 5. The molecule has 0 heterocycles. The van der Waals surface area contributed by atoms with Crippen molar-refractivity contribution in [1.82, 2.24) is 16.0 Å². The van der Waals surface area contributed by atoms with E-state index in [4.69, 9.17) is 9.47 Å². The Labute approximate surface area is 376 Å². The second kappa shape index (κ2) is 19.8. The maximum atomic E-state index is 14.1. The van der Waals surface area contributed by atoms with Gasteiger partial charge >= 0.3 is 6.09 Å². The summed E-state index contributed by atoms with van der Waals surface area (Å²) in [6.07, 6.45) is 8.18. The molecule has 3 aliphatic rings. The van der Waals surface area contributed by atoms with E-state index in [1.54, 1.807) is 0 Å². The Kier molecular flexibility index (Phi) is 13.2. The Morgan fingerprint density at radius 1 is 0.672 bits per heavy atom. The molecule has 3 amide bonds. The molecule has 8 nitrogen and oxygen atoms in total. The number of alkyl carbamates (subject to hydrolysis) is 1. The number of amides is 3. The van der Waals surface area contributed by atoms with E-state index in [9.17, 15) is 14.4 Å². The zero-order chi connectivity index (χ0) is 43.8. The molecule has 64 heavy (non-hydrogen) atoms. The summed E-state index contributed by atoms with van der Waals surface area (Å²) in [6, 6.07) is 47.6. The number of benzene rings is 6. The number of ether oxygens (including phenoxy) is 2. The first-order chi connectivity index (χ1) is 31.4. The fourth-order valence-electron chi connectivity index (χ4n) is 9.53. The van der Waals surface area contributed by atoms with Gasteiger partial charge in [0, 0.05) is 5.92 Å². The second-order valence-electron chi connectivity index (χ2n) is 17.6. The van der Waals surface area contributed by atoms with Crippen LogP contribution in [-0.2, 0) is 33.6 Å². The van der Waals surface area contributed by atoms with Crippen molar-refractivity contribution in [2.75, 3.05) is 13.2 Å². The summed E-state index contributed by atoms with van der Waals surface area (Å²) >= 11 is 0. The Bertz CT molecular complexity index is 2540. The molecule has 9 rings (SSSR count). The van der Waals surface area contributed by atoms with Crippen molar-refractivity contribution < 1.29 is 23.9 Å². The smallest absolute Gasteiger partial charge is 0.407 e. The van der Waals surface area contributed by atoms with Gasteiger partial charge in [0.25, 0.3) is 5.91 Å². The molecule has 6 aromatic carbocycles. The third kappa shape index (κ3) is 9.92. The van der Waals surface area contributed by atoms with E-state index in [2.05, 4.69) is 83.5 Å². The largest absolute Gasteiger partial charge is 0.484 e. The van der Waals surface area contributed by atoms with Crippen LogP contribution >= 0.6 is 0 Å². The third-order valence-electron chi connectivity index (χ3n) is 13.2. The van der Waals surface area contributed by atoms with Crippen LogP contribution in [0.2, 0.25) is 0 Å². The average molecular weight is 852 g/mol. The number of aryl methyl sites for hydroxylation is 3. The highest BCUT2D eigenvalue weighted by molar-refractivity contribution is 5.88. The SMILES string of the molecule is CCCCC(NC(=O)COc1ccc2c(c1)CCc1ccccc1C2NC(=O)OCC1c2ccccc2-c2ccccc21)C(=O)NC(c1ccccc1)c1ccc(CCC2CC2)cc1. The molecule has 0 radical (unpaired) electrons. The molecule has 0 spiro atoms. The minimum absolute atomic E-state index is 0.0462. The molecule has 326 valence electrons. The van der Waals surface area contributed by atoms with Gasteiger partial charge in [-0.05, 0) is 111 Å². The number of rotatable bonds is 17. The molecule has 1 fully saturated rings. The van der Waals surface area contributed by atoms with E-state index < -0.39 is 18.2 Å². The first-order valence-electron chi connectivity index (χ1n) is 23.1. The summed E-state index contributed by atoms with van der Waals surface area (Å²) < 4.78 is 12.1. The Balaban J connectivity index is 0.853. The standard InChI is InChI=1S/C56H57N3O5/c1-2-3-21-51(55(61)58-53(40-14-5-4-6-15-40)41-28-26-38(27-29-41)25-24-37-22-23-37)57-52(60)36-63-43-32-33-45-42(34-43)31-30-39-13-7-8-16-44(39)54(45)59-56(62)64-35-50-48-19-11-9-17-46(48)47-18-10-12-20-49(47)50/h4-20,26-29,32-34,37,50-51,53-54H,2-3,21-25,30-31,35-36H2,1H3,(H,57,60)(H,58,61)(H,59,62). The van der Waals surface area contributed by atoms with Gasteiger partial charge in [0.15, 0.2) is 6.61 Å². The first kappa shape index (κ1) is 42.6. The maximum Gasteiger partial charge on any atom is 0.407 e. The van der Waals surface area contributed by atoms with Gasteiger partial charge in [-0.1, -0.05) is 166 Å². The van der Waals surface area contributed by atoms with Crippen molar-refractivity contribution in [2.24, 2.45) is 5.92 Å². The molecule has 6 aromatic rings. The van der Waals surface area contributed by atoms with Crippen LogP contribution in [0.5, 0.6) is 5.75 Å². The molecule has 0 aliphatic heterocycles. The van der Waals surface area contributed by atoms with E-state index in [0.29, 0.717) is 12.2 Å². The minimum atomic E-state index is -0.727. The number of nitrogens with one attached hydrogen (secondary N) is 3. The molecule has 3 aliphatic carbocycles. The lowest BCUT2D eigenvalue weighted by Crippen LogP contribution is -2.49. The first-order valence-corrected chi connectivity index (χ1v) is 23.1. The van der Waals surface area contributed by atoms with Gasteiger partial charge < -0.3 is 25.4 Å². The van der Waals surface area contributed by atoms with Crippen LogP contribution in [0.15, 0.2) is 146 Å². The van der Waals surface area contributed by atoms with Crippen LogP contribution in [0.1, 0.15) is 114 Å². The molecule has 1 saturated carbocycles. The lowest BCUT2D eigenvalue weighted by molar-refractivity contribution is -0.130. The van der Waals surface area contributed by atoms with Gasteiger partial charge in [-0.25, -0.2) is 4.79 Å². The normalized spacial score (nSPS) is 15.9. The summed E-state index contributed by atoms with van der Waals surface area (Å²) in [7, 11) is 0. The summed E-state index contributed by atoms with van der Waals surface area (Å²) in [6.45, 7) is 2.05. The summed E-state index contributed by atoms with van der Waals surface area (Å²) in [5, 5.41) is 9.48. The molecule has 0 saturated heterocycles. The van der Waals surface area contributed by atoms with Crippen molar-refractivity contribution in [3.8, 4) is 16.9 Å². The number of hydrogen-bond donors (Lipinski definition) is 3. The van der Waals surface area contributed by atoms with Gasteiger partial charge in [0.05, 0.1) is 12.1 Å². The van der Waals surface area contributed by atoms with E-state index in [0.717, 1.165) is 82.5 Å². The molecule has 0 aromatic heterocycles. The highest BCUT2D eigenvalue weighted by atomic mass is 16.5. The summed E-state index contributed by atoms with van der Waals surface area (Å²) in [5.74, 6) is 0.769. The van der Waals surface area contributed by atoms with Crippen LogP contribution in [0, 0.1) is 5.92 Å². The molecule has 8 heteroatoms. The molecule has 3 atom stereocenters. The highest BCUT2D eigenvalue weighted by Crippen LogP contribution is 2.45. The Hall–Kier alpha value is -6.67. The zero-order valence-corrected chi connectivity index (χ0v) is 36.6. The molecule has 3 unspecified atom stereocenters. The Morgan fingerprint density at radius 2 is 1.31 bits per heavy atom. The second-order valence-corrected chi connectivity index (χ2v) is 17.6. The number of carbonyl (C=O) groups excluding carboxylic acids is 3. The predicted molar refractivity (Wildman–Crippen MR) is 251 cm³/mol. The third-order valence-corrected chi connectivity index (χ3v) is 13.2. The molecular formula is C56H57N3O5. The molecule has 0 bridgehead atoms. The van der Waals surface area contributed by atoms with Crippen LogP contribution in [-0.4, -0.2) is 37.2 Å². The monoisotopic (exact) mass is 851 g/mol. The number of carbonyl (C=O) groups is 3. The van der Waals surface area contributed by atoms with E-state index >= 15 is 0 Å². The van der Waals surface area contributed by atoms with Gasteiger partial charge in [-0.3, -0.25) is 9.59 Å². The zero-order valence-electron chi connectivity index (χ0n) is 36.6. The van der Waals surface area contributed by atoms with Crippen LogP contribution < -0.4 is 20.7 Å². The van der Waals surface area contributed by atoms with Crippen molar-refractivity contribution in [3.63, 3.8) is 0 Å². The van der Waals surface area contributed by atoms with E-state index in [-0.39, 0.29) is 37.0 Å². The van der Waals surface area contributed by atoms with Crippen LogP contribution in [0.25, 0.3) is 11.1 Å². The van der Waals surface area contributed by atoms with Crippen LogP contribution in [0.4, 0.5) is 4.79 Å². The van der Waals surface area contributed by atoms with Gasteiger partial charge in [-0.15, -0.1) is 0 Å². The van der Waals surface area contributed by atoms with Crippen LogP contribution in [0.3, 0.4) is 0 Å². The van der Waals surface area contributed by atoms with Crippen molar-refractivity contribution >= 4 is 17.9 Å². The Morgan fingerprint density at radius 3 is 2.03 bits per heavy atom. The minimum Gasteiger partial charge on any atom is -0.484 e. The van der Waals surface area contributed by atoms with Crippen molar-refractivity contribution in [3.05, 3.63) is 196 Å².